The number of hydrogen-bond acceptors (Lipinski definition) is 11. The van der Waals surface area contributed by atoms with Crippen LogP contribution in [0.3, 0.4) is 0 Å². The Labute approximate surface area is 300 Å². The number of likely N-dealkylation sites (N-methyl/N-ethyl adjacent to an activating group) is 1. The number of amides is 2. The van der Waals surface area contributed by atoms with E-state index in [0.717, 1.165) is 56.1 Å². The van der Waals surface area contributed by atoms with Crippen LogP contribution in [0.5, 0.6) is 11.5 Å². The summed E-state index contributed by atoms with van der Waals surface area (Å²) in [5, 5.41) is 27.0. The SMILES string of the molecule is C=CCO[C@@]12Oc3ccc(OC(=O)NCC)cc3[C@H]3[C@H](CCCCO)[C@@H](CCCCO)C=C(C(=NOC4CCCCO4)C[C@@H]1N(C)C(=O)OC)[C@H]32. The summed E-state index contributed by atoms with van der Waals surface area (Å²) in [5.74, 6) is -1.11. The summed E-state index contributed by atoms with van der Waals surface area (Å²) in [5.41, 5.74) is 2.42. The van der Waals surface area contributed by atoms with Gasteiger partial charge >= 0.3 is 12.2 Å². The number of aliphatic hydroxyl groups is 2. The quantitative estimate of drug-likeness (QED) is 0.111. The summed E-state index contributed by atoms with van der Waals surface area (Å²) in [7, 11) is 3.01. The zero-order valence-corrected chi connectivity index (χ0v) is 30.2. The van der Waals surface area contributed by atoms with Crippen molar-refractivity contribution in [3.8, 4) is 11.5 Å². The summed E-state index contributed by atoms with van der Waals surface area (Å²) in [6.45, 7) is 7.09. The molecule has 5 rings (SSSR count). The van der Waals surface area contributed by atoms with Crippen LogP contribution in [0.1, 0.15) is 82.6 Å². The number of aliphatic hydroxyl groups excluding tert-OH is 2. The average Bonchev–Trinajstić information content (AvgIpc) is 3.14. The molecule has 0 radical (unpaired) electrons. The topological polar surface area (TPSA) is 158 Å². The Hall–Kier alpha value is -3.65. The van der Waals surface area contributed by atoms with Gasteiger partial charge in [-0.25, -0.2) is 9.59 Å². The van der Waals surface area contributed by atoms with E-state index in [1.54, 1.807) is 25.3 Å². The molecule has 2 heterocycles. The number of nitrogens with zero attached hydrogens (tertiary/aromatic N) is 2. The van der Waals surface area contributed by atoms with Crippen molar-refractivity contribution >= 4 is 17.9 Å². The number of carbonyl (C=O) groups excluding carboxylic acids is 2. The summed E-state index contributed by atoms with van der Waals surface area (Å²) in [4.78, 5) is 33.5. The minimum atomic E-state index is -1.39. The first-order chi connectivity index (χ1) is 24.8. The fourth-order valence-electron chi connectivity index (χ4n) is 8.27. The Morgan fingerprint density at radius 3 is 2.63 bits per heavy atom. The highest BCUT2D eigenvalue weighted by molar-refractivity contribution is 6.02. The van der Waals surface area contributed by atoms with E-state index in [9.17, 15) is 19.8 Å². The Kier molecular flexibility index (Phi) is 13.8. The van der Waals surface area contributed by atoms with Crippen molar-refractivity contribution < 1.29 is 48.3 Å². The van der Waals surface area contributed by atoms with Crippen molar-refractivity contribution in [2.75, 3.05) is 47.1 Å². The molecule has 51 heavy (non-hydrogen) atoms. The Morgan fingerprint density at radius 2 is 1.94 bits per heavy atom. The van der Waals surface area contributed by atoms with Gasteiger partial charge in [0.15, 0.2) is 0 Å². The first kappa shape index (κ1) is 38.6. The van der Waals surface area contributed by atoms with Gasteiger partial charge in [0.05, 0.1) is 32.0 Å². The molecular weight excluding hydrogens is 658 g/mol. The molecule has 0 spiro atoms. The highest BCUT2D eigenvalue weighted by atomic mass is 16.8. The molecule has 1 aromatic rings. The van der Waals surface area contributed by atoms with E-state index in [1.807, 2.05) is 13.0 Å². The lowest BCUT2D eigenvalue weighted by molar-refractivity contribution is -0.253. The van der Waals surface area contributed by atoms with Gasteiger partial charge in [0.25, 0.3) is 0 Å². The zero-order valence-electron chi connectivity index (χ0n) is 30.2. The van der Waals surface area contributed by atoms with E-state index >= 15 is 0 Å². The molecule has 1 aromatic carbocycles. The fraction of sp³-hybridized carbons (Fsp3) is 0.658. The maximum Gasteiger partial charge on any atom is 0.412 e. The average molecular weight is 714 g/mol. The van der Waals surface area contributed by atoms with Gasteiger partial charge in [0.2, 0.25) is 12.1 Å². The predicted molar refractivity (Wildman–Crippen MR) is 190 cm³/mol. The number of allylic oxidation sites excluding steroid dienone is 1. The van der Waals surface area contributed by atoms with E-state index in [2.05, 4.69) is 18.0 Å². The molecule has 13 nitrogen and oxygen atoms in total. The molecule has 4 aliphatic rings. The molecule has 282 valence electrons. The number of benzene rings is 1. The van der Waals surface area contributed by atoms with E-state index in [1.165, 1.54) is 12.0 Å². The molecule has 2 aliphatic carbocycles. The number of ether oxygens (including phenoxy) is 5. The molecule has 7 atom stereocenters. The largest absolute Gasteiger partial charge is 0.459 e. The molecule has 2 aliphatic heterocycles. The lowest BCUT2D eigenvalue weighted by Crippen LogP contribution is -2.69. The van der Waals surface area contributed by atoms with Gasteiger partial charge in [0, 0.05) is 51.1 Å². The van der Waals surface area contributed by atoms with Crippen molar-refractivity contribution in [3.63, 3.8) is 0 Å². The van der Waals surface area contributed by atoms with Gasteiger partial charge in [-0.05, 0) is 81.1 Å². The maximum absolute atomic E-state index is 13.3. The number of rotatable bonds is 16. The number of methoxy groups -OCH3 is 1. The molecule has 1 saturated carbocycles. The summed E-state index contributed by atoms with van der Waals surface area (Å²) >= 11 is 0. The van der Waals surface area contributed by atoms with Gasteiger partial charge in [-0.3, -0.25) is 0 Å². The number of carbonyl (C=O) groups is 2. The van der Waals surface area contributed by atoms with Crippen molar-refractivity contribution in [1.82, 2.24) is 10.2 Å². The smallest absolute Gasteiger partial charge is 0.412 e. The second-order valence-corrected chi connectivity index (χ2v) is 13.7. The third-order valence-electron chi connectivity index (χ3n) is 10.5. The minimum absolute atomic E-state index is 0.0316. The molecule has 2 fully saturated rings. The maximum atomic E-state index is 13.3. The monoisotopic (exact) mass is 713 g/mol. The van der Waals surface area contributed by atoms with Gasteiger partial charge in [-0.2, -0.15) is 0 Å². The molecule has 0 bridgehead atoms. The molecule has 0 aromatic heterocycles. The van der Waals surface area contributed by atoms with Crippen LogP contribution in [-0.4, -0.2) is 98.3 Å². The number of oxime groups is 1. The van der Waals surface area contributed by atoms with Crippen LogP contribution in [0.25, 0.3) is 0 Å². The van der Waals surface area contributed by atoms with Crippen LogP contribution in [-0.2, 0) is 19.0 Å². The second-order valence-electron chi connectivity index (χ2n) is 13.7. The predicted octanol–water partition coefficient (Wildman–Crippen LogP) is 5.65. The van der Waals surface area contributed by atoms with Crippen molar-refractivity contribution in [2.45, 2.75) is 95.2 Å². The standard InChI is InChI=1S/C38H55N3O10/c1-5-20-48-38-32(41(3)37(45)46-4)24-30(40-51-33-15-9-12-21-47-33)28-22-25(13-7-10-18-42)27(14-8-11-19-43)34(35(28)38)29-23-26(16-17-31(29)50-38)49-36(44)39-6-2/h5,16-17,22-23,25,27,32-35,42-43H,1,6-15,18-21,24H2,2-4H3,(H,39,44)/t25-,27+,32-,33?,34+,35+,38+/m0/s1. The van der Waals surface area contributed by atoms with Crippen molar-refractivity contribution in [2.24, 2.45) is 22.9 Å². The Bertz CT molecular complexity index is 1410. The van der Waals surface area contributed by atoms with Gasteiger partial charge < -0.3 is 49.0 Å². The van der Waals surface area contributed by atoms with Crippen LogP contribution >= 0.6 is 0 Å². The summed E-state index contributed by atoms with van der Waals surface area (Å²) < 4.78 is 30.6. The molecule has 1 unspecified atom stereocenters. The third kappa shape index (κ3) is 8.54. The normalized spacial score (nSPS) is 28.7. The van der Waals surface area contributed by atoms with Crippen molar-refractivity contribution in [1.29, 1.82) is 0 Å². The van der Waals surface area contributed by atoms with Crippen LogP contribution in [0.15, 0.2) is 47.7 Å². The number of nitrogens with one attached hydrogen (secondary N) is 1. The third-order valence-corrected chi connectivity index (χ3v) is 10.5. The van der Waals surface area contributed by atoms with Crippen molar-refractivity contribution in [3.05, 3.63) is 48.1 Å². The molecule has 13 heteroatoms. The van der Waals surface area contributed by atoms with Crippen LogP contribution < -0.4 is 14.8 Å². The minimum Gasteiger partial charge on any atom is -0.459 e. The van der Waals surface area contributed by atoms with E-state index in [-0.39, 0.29) is 44.0 Å². The highest BCUT2D eigenvalue weighted by Gasteiger charge is 2.65. The number of fused-ring (bicyclic) bond motifs is 2. The summed E-state index contributed by atoms with van der Waals surface area (Å²) in [6, 6.07) is 4.66. The first-order valence-electron chi connectivity index (χ1n) is 18.4. The van der Waals surface area contributed by atoms with Gasteiger partial charge in [-0.1, -0.05) is 30.1 Å². The van der Waals surface area contributed by atoms with Crippen LogP contribution in [0, 0.1) is 17.8 Å². The Morgan fingerprint density at radius 1 is 1.16 bits per heavy atom. The van der Waals surface area contributed by atoms with E-state index in [4.69, 9.17) is 33.7 Å². The van der Waals surface area contributed by atoms with Crippen LogP contribution in [0.2, 0.25) is 0 Å². The lowest BCUT2D eigenvalue weighted by atomic mass is 9.55. The lowest BCUT2D eigenvalue weighted by Gasteiger charge is -2.59. The van der Waals surface area contributed by atoms with Crippen LogP contribution in [0.4, 0.5) is 9.59 Å². The van der Waals surface area contributed by atoms with Gasteiger partial charge in [0.1, 0.15) is 17.5 Å². The second kappa shape index (κ2) is 18.2. The number of unbranched alkanes of at least 4 members (excludes halogenated alkanes) is 2. The van der Waals surface area contributed by atoms with Gasteiger partial charge in [-0.15, -0.1) is 6.58 Å². The van der Waals surface area contributed by atoms with E-state index < -0.39 is 36.2 Å². The molecule has 1 saturated heterocycles. The zero-order chi connectivity index (χ0) is 36.4. The van der Waals surface area contributed by atoms with E-state index in [0.29, 0.717) is 43.2 Å². The first-order valence-corrected chi connectivity index (χ1v) is 18.4. The molecule has 2 amide bonds. The molecule has 3 N–H and O–H groups in total. The highest BCUT2D eigenvalue weighted by Crippen LogP contribution is 2.61. The molecular formula is C38H55N3O10. The fourth-order valence-corrected chi connectivity index (χ4v) is 8.27. The number of hydrogen-bond donors (Lipinski definition) is 3. The Balaban J connectivity index is 1.73. The summed E-state index contributed by atoms with van der Waals surface area (Å²) in [6.07, 6.45) is 9.76.